The summed E-state index contributed by atoms with van der Waals surface area (Å²) in [6.45, 7) is 12.3. The summed E-state index contributed by atoms with van der Waals surface area (Å²) in [5, 5.41) is 5.88. The van der Waals surface area contributed by atoms with Gasteiger partial charge in [-0.05, 0) is 62.8 Å². The van der Waals surface area contributed by atoms with Gasteiger partial charge in [-0.25, -0.2) is 4.79 Å². The number of rotatable bonds is 25. The Balaban J connectivity index is 1.42. The van der Waals surface area contributed by atoms with E-state index >= 15 is 0 Å². The van der Waals surface area contributed by atoms with Gasteiger partial charge in [0.15, 0.2) is 0 Å². The number of unbranched alkanes of at least 4 members (excludes halogenated alkanes) is 2. The fourth-order valence-corrected chi connectivity index (χ4v) is 9.93. The van der Waals surface area contributed by atoms with Crippen LogP contribution in [0.1, 0.15) is 111 Å². The van der Waals surface area contributed by atoms with Crippen LogP contribution in [-0.2, 0) is 59.0 Å². The molecule has 0 aliphatic carbocycles. The largest absolute Gasteiger partial charge is 0.467 e. The molecule has 0 radical (unpaired) electrons. The number of imide groups is 1. The molecule has 7 unspecified atom stereocenters. The van der Waals surface area contributed by atoms with Crippen LogP contribution in [0.4, 0.5) is 0 Å². The van der Waals surface area contributed by atoms with Crippen molar-refractivity contribution >= 4 is 47.3 Å². The molecule has 3 aliphatic rings. The van der Waals surface area contributed by atoms with Crippen molar-refractivity contribution in [3.8, 4) is 0 Å². The monoisotopic (exact) mass is 937 g/mol. The molecule has 7 amide bonds. The van der Waals surface area contributed by atoms with Crippen LogP contribution < -0.4 is 10.6 Å². The highest BCUT2D eigenvalue weighted by Crippen LogP contribution is 2.32. The lowest BCUT2D eigenvalue weighted by molar-refractivity contribution is -0.150. The number of benzene rings is 1. The molecule has 1 aromatic carbocycles. The quantitative estimate of drug-likeness (QED) is 0.0821. The number of hydrogen-bond donors (Lipinski definition) is 2. The van der Waals surface area contributed by atoms with Gasteiger partial charge in [0.2, 0.25) is 29.5 Å². The smallest absolute Gasteiger partial charge is 0.328 e. The van der Waals surface area contributed by atoms with Crippen LogP contribution in [0.2, 0.25) is 0 Å². The zero-order chi connectivity index (χ0) is 49.6. The van der Waals surface area contributed by atoms with Gasteiger partial charge >= 0.3 is 5.97 Å². The molecule has 0 spiro atoms. The molecule has 3 heterocycles. The Labute approximate surface area is 397 Å². The molecular formula is C50H76N6O11. The lowest BCUT2D eigenvalue weighted by atomic mass is 9.89. The molecule has 0 bridgehead atoms. The fourth-order valence-electron chi connectivity index (χ4n) is 9.93. The summed E-state index contributed by atoms with van der Waals surface area (Å²) in [6.07, 6.45) is 6.21. The van der Waals surface area contributed by atoms with Crippen molar-refractivity contribution in [1.82, 2.24) is 30.2 Å². The number of ether oxygens (including phenoxy) is 3. The average Bonchev–Trinajstić information content (AvgIpc) is 4.05. The van der Waals surface area contributed by atoms with E-state index in [1.165, 1.54) is 38.4 Å². The third kappa shape index (κ3) is 13.5. The van der Waals surface area contributed by atoms with Crippen molar-refractivity contribution in [2.24, 2.45) is 17.8 Å². The van der Waals surface area contributed by atoms with Crippen LogP contribution in [-0.4, -0.2) is 157 Å². The zero-order valence-corrected chi connectivity index (χ0v) is 41.4. The molecule has 4 rings (SSSR count). The lowest BCUT2D eigenvalue weighted by Crippen LogP contribution is -2.62. The first kappa shape index (κ1) is 54.4. The van der Waals surface area contributed by atoms with Gasteiger partial charge in [-0.3, -0.25) is 38.5 Å². The highest BCUT2D eigenvalue weighted by molar-refractivity contribution is 6.12. The van der Waals surface area contributed by atoms with Crippen LogP contribution in [0, 0.1) is 17.8 Å². The third-order valence-corrected chi connectivity index (χ3v) is 14.2. The molecule has 17 nitrogen and oxygen atoms in total. The molecule has 2 saturated heterocycles. The fraction of sp³-hybridized carbons (Fsp3) is 0.680. The Morgan fingerprint density at radius 3 is 2.13 bits per heavy atom. The predicted octanol–water partition coefficient (Wildman–Crippen LogP) is 3.81. The van der Waals surface area contributed by atoms with Crippen molar-refractivity contribution in [2.75, 3.05) is 48.0 Å². The summed E-state index contributed by atoms with van der Waals surface area (Å²) in [4.78, 5) is 113. The molecule has 17 heteroatoms. The number of nitrogens with zero attached hydrogens (tertiary/aromatic N) is 4. The first-order valence-electron chi connectivity index (χ1n) is 24.0. The topological polar surface area (TPSA) is 201 Å². The maximum atomic E-state index is 14.6. The summed E-state index contributed by atoms with van der Waals surface area (Å²) in [5.74, 6) is -3.96. The predicted molar refractivity (Wildman–Crippen MR) is 251 cm³/mol. The van der Waals surface area contributed by atoms with Crippen molar-refractivity contribution in [3.63, 3.8) is 0 Å². The van der Waals surface area contributed by atoms with E-state index in [4.69, 9.17) is 14.2 Å². The lowest BCUT2D eigenvalue weighted by Gasteiger charge is -2.41. The van der Waals surface area contributed by atoms with E-state index in [-0.39, 0.29) is 67.2 Å². The number of methoxy groups -OCH3 is 3. The van der Waals surface area contributed by atoms with Crippen LogP contribution >= 0.6 is 0 Å². The van der Waals surface area contributed by atoms with E-state index < -0.39 is 65.6 Å². The highest BCUT2D eigenvalue weighted by Gasteiger charge is 2.48. The molecule has 0 saturated carbocycles. The highest BCUT2D eigenvalue weighted by atomic mass is 16.5. The van der Waals surface area contributed by atoms with Gasteiger partial charge in [-0.1, -0.05) is 77.8 Å². The Kier molecular flexibility index (Phi) is 20.5. The molecule has 372 valence electrons. The summed E-state index contributed by atoms with van der Waals surface area (Å²) in [7, 11) is 5.98. The number of likely N-dealkylation sites (N-methyl/N-ethyl adjacent to an activating group) is 1. The molecular weight excluding hydrogens is 861 g/mol. The molecule has 2 fully saturated rings. The van der Waals surface area contributed by atoms with Crippen LogP contribution in [0.5, 0.6) is 0 Å². The van der Waals surface area contributed by atoms with Gasteiger partial charge in [0.1, 0.15) is 17.6 Å². The van der Waals surface area contributed by atoms with Crippen LogP contribution in [0.15, 0.2) is 42.5 Å². The Bertz CT molecular complexity index is 1910. The maximum Gasteiger partial charge on any atom is 0.328 e. The van der Waals surface area contributed by atoms with E-state index in [2.05, 4.69) is 10.6 Å². The first-order chi connectivity index (χ1) is 31.8. The number of carbonyl (C=O) groups excluding carboxylic acids is 8. The second-order valence-electron chi connectivity index (χ2n) is 19.0. The van der Waals surface area contributed by atoms with Gasteiger partial charge < -0.3 is 39.5 Å². The zero-order valence-electron chi connectivity index (χ0n) is 41.4. The molecule has 3 aliphatic heterocycles. The van der Waals surface area contributed by atoms with Crippen molar-refractivity contribution in [3.05, 3.63) is 48.0 Å². The summed E-state index contributed by atoms with van der Waals surface area (Å²) in [5.41, 5.74) is -0.315. The van der Waals surface area contributed by atoms with Crippen LogP contribution in [0.25, 0.3) is 0 Å². The van der Waals surface area contributed by atoms with E-state index in [1.54, 1.807) is 35.6 Å². The maximum absolute atomic E-state index is 14.6. The summed E-state index contributed by atoms with van der Waals surface area (Å²) >= 11 is 0. The number of amides is 7. The summed E-state index contributed by atoms with van der Waals surface area (Å²) < 4.78 is 17.0. The Morgan fingerprint density at radius 2 is 1.54 bits per heavy atom. The normalized spacial score (nSPS) is 21.4. The van der Waals surface area contributed by atoms with Gasteiger partial charge in [0.25, 0.3) is 11.8 Å². The number of likely N-dealkylation sites (tertiary alicyclic amines) is 2. The molecule has 67 heavy (non-hydrogen) atoms. The van der Waals surface area contributed by atoms with Crippen molar-refractivity contribution in [2.45, 2.75) is 154 Å². The Hall–Kier alpha value is -5.16. The van der Waals surface area contributed by atoms with E-state index in [1.807, 2.05) is 58.0 Å². The van der Waals surface area contributed by atoms with E-state index in [0.29, 0.717) is 64.5 Å². The van der Waals surface area contributed by atoms with Crippen LogP contribution in [0.3, 0.4) is 0 Å². The van der Waals surface area contributed by atoms with E-state index in [9.17, 15) is 38.4 Å². The SMILES string of the molecule is CCC(C)C(C(CC(=O)N1CCC[C@H]1C(OC)C(C)C(=O)NC(Cc1ccccc1)C(=O)OC)OC)N(C)C(=O)C(NC(=O)[C@]1(C)CCCN1C(=O)CCCCCN1C(=O)C=CC1=O)C(C)C. The standard InChI is InChI=1S/C50H76N6O11/c1-11-33(4)44(38(65-8)31-42(60)54-28-18-22-37(54)45(66-9)34(5)46(61)51-36(48(63)67-10)30-35-20-14-12-15-21-35)53(7)47(62)43(32(2)3)52-49(64)50(6)26-19-29-56(50)41(59)23-16-13-17-27-55-39(57)24-25-40(55)58/h12,14-15,20-21,24-25,32-34,36-38,43-45H,11,13,16-19,22-23,26-31H2,1-10H3,(H,51,61)(H,52,64)/t33?,34?,36?,37-,38?,43?,44?,45?,50-/m0/s1. The van der Waals surface area contributed by atoms with E-state index in [0.717, 1.165) is 5.56 Å². The summed E-state index contributed by atoms with van der Waals surface area (Å²) in [6, 6.07) is 6.45. The molecule has 9 atom stereocenters. The minimum atomic E-state index is -1.17. The number of carbonyl (C=O) groups is 8. The minimum Gasteiger partial charge on any atom is -0.467 e. The van der Waals surface area contributed by atoms with Gasteiger partial charge in [-0.2, -0.15) is 0 Å². The molecule has 2 N–H and O–H groups in total. The van der Waals surface area contributed by atoms with Gasteiger partial charge in [0, 0.05) is 65.9 Å². The average molecular weight is 937 g/mol. The van der Waals surface area contributed by atoms with Crippen molar-refractivity contribution < 1.29 is 52.6 Å². The number of nitrogens with one attached hydrogen (secondary N) is 2. The first-order valence-corrected chi connectivity index (χ1v) is 24.0. The third-order valence-electron chi connectivity index (χ3n) is 14.2. The van der Waals surface area contributed by atoms with Gasteiger partial charge in [0.05, 0.1) is 43.7 Å². The number of esters is 1. The Morgan fingerprint density at radius 1 is 0.866 bits per heavy atom. The van der Waals surface area contributed by atoms with Crippen molar-refractivity contribution in [1.29, 1.82) is 0 Å². The molecule has 0 aromatic heterocycles. The van der Waals surface area contributed by atoms with Gasteiger partial charge in [-0.15, -0.1) is 0 Å². The minimum absolute atomic E-state index is 0.0578. The second-order valence-corrected chi connectivity index (χ2v) is 19.0. The molecule has 1 aromatic rings. The number of hydrogen-bond acceptors (Lipinski definition) is 11. The second kappa shape index (κ2) is 25.3.